The predicted molar refractivity (Wildman–Crippen MR) is 115 cm³/mol. The number of nitrogens with zero attached hydrogens (tertiary/aromatic N) is 5. The standard InChI is InChI=1S/C22H35N5O3/c1-3-25-12-6-8-19(25)17-27(14-9-21(28)30-4-2)22(29)18-7-5-13-26(16-18)20-15-23-10-11-24-20/h10-11,15,18-19H,3-9,12-14,16-17H2,1-2H3. The number of likely N-dealkylation sites (N-methyl/N-ethyl adjacent to an activating group) is 1. The first kappa shape index (κ1) is 22.5. The Kier molecular flexibility index (Phi) is 8.42. The summed E-state index contributed by atoms with van der Waals surface area (Å²) in [7, 11) is 0. The van der Waals surface area contributed by atoms with Gasteiger partial charge in [0, 0.05) is 44.6 Å². The third kappa shape index (κ3) is 5.90. The summed E-state index contributed by atoms with van der Waals surface area (Å²) in [5.74, 6) is 0.648. The van der Waals surface area contributed by atoms with Crippen molar-refractivity contribution in [2.24, 2.45) is 5.92 Å². The SMILES string of the molecule is CCOC(=O)CCN(CC1CCCN1CC)C(=O)C1CCCN(c2cnccn2)C1. The Morgan fingerprint density at radius 2 is 2.03 bits per heavy atom. The van der Waals surface area contributed by atoms with Crippen LogP contribution < -0.4 is 4.90 Å². The van der Waals surface area contributed by atoms with Gasteiger partial charge in [-0.25, -0.2) is 4.98 Å². The van der Waals surface area contributed by atoms with Crippen LogP contribution >= 0.6 is 0 Å². The van der Waals surface area contributed by atoms with Crippen molar-refractivity contribution in [1.82, 2.24) is 19.8 Å². The van der Waals surface area contributed by atoms with E-state index in [0.717, 1.165) is 44.7 Å². The van der Waals surface area contributed by atoms with Crippen molar-refractivity contribution in [3.05, 3.63) is 18.6 Å². The Hall–Kier alpha value is -2.22. The number of piperidine rings is 1. The molecule has 3 rings (SSSR count). The van der Waals surface area contributed by atoms with Crippen LogP contribution in [0.3, 0.4) is 0 Å². The molecule has 3 heterocycles. The van der Waals surface area contributed by atoms with Crippen LogP contribution in [0.4, 0.5) is 5.82 Å². The summed E-state index contributed by atoms with van der Waals surface area (Å²) >= 11 is 0. The van der Waals surface area contributed by atoms with E-state index in [4.69, 9.17) is 4.74 Å². The Balaban J connectivity index is 1.67. The molecule has 2 unspecified atom stereocenters. The highest BCUT2D eigenvalue weighted by Crippen LogP contribution is 2.24. The van der Waals surface area contributed by atoms with Gasteiger partial charge in [0.25, 0.3) is 0 Å². The van der Waals surface area contributed by atoms with Gasteiger partial charge in [-0.05, 0) is 45.7 Å². The number of hydrogen-bond acceptors (Lipinski definition) is 7. The summed E-state index contributed by atoms with van der Waals surface area (Å²) in [6.07, 6.45) is 9.44. The molecule has 2 saturated heterocycles. The second-order valence-electron chi connectivity index (χ2n) is 8.11. The van der Waals surface area contributed by atoms with Crippen LogP contribution in [0, 0.1) is 5.92 Å². The van der Waals surface area contributed by atoms with Crippen molar-refractivity contribution in [3.8, 4) is 0 Å². The Morgan fingerprint density at radius 1 is 1.20 bits per heavy atom. The van der Waals surface area contributed by atoms with Crippen molar-refractivity contribution in [1.29, 1.82) is 0 Å². The molecular weight excluding hydrogens is 382 g/mol. The van der Waals surface area contributed by atoms with Gasteiger partial charge in [-0.1, -0.05) is 6.92 Å². The maximum Gasteiger partial charge on any atom is 0.307 e. The molecule has 0 spiro atoms. The van der Waals surface area contributed by atoms with Crippen molar-refractivity contribution in [2.75, 3.05) is 50.8 Å². The smallest absolute Gasteiger partial charge is 0.307 e. The van der Waals surface area contributed by atoms with Gasteiger partial charge in [0.05, 0.1) is 25.1 Å². The zero-order valence-corrected chi connectivity index (χ0v) is 18.3. The molecule has 1 aromatic heterocycles. The van der Waals surface area contributed by atoms with Crippen LogP contribution in [0.2, 0.25) is 0 Å². The number of carbonyl (C=O) groups excluding carboxylic acids is 2. The first-order chi connectivity index (χ1) is 14.6. The van der Waals surface area contributed by atoms with Crippen molar-refractivity contribution in [3.63, 3.8) is 0 Å². The molecule has 1 amide bonds. The van der Waals surface area contributed by atoms with Crippen LogP contribution in [0.25, 0.3) is 0 Å². The van der Waals surface area contributed by atoms with Gasteiger partial charge in [0.2, 0.25) is 5.91 Å². The zero-order chi connectivity index (χ0) is 21.3. The molecule has 0 N–H and O–H groups in total. The highest BCUT2D eigenvalue weighted by atomic mass is 16.5. The first-order valence-corrected chi connectivity index (χ1v) is 11.3. The predicted octanol–water partition coefficient (Wildman–Crippen LogP) is 1.96. The Morgan fingerprint density at radius 3 is 2.77 bits per heavy atom. The lowest BCUT2D eigenvalue weighted by Crippen LogP contribution is -2.49. The number of ether oxygens (including phenoxy) is 1. The molecule has 30 heavy (non-hydrogen) atoms. The fourth-order valence-corrected chi connectivity index (χ4v) is 4.62. The average Bonchev–Trinajstić information content (AvgIpc) is 3.24. The van der Waals surface area contributed by atoms with E-state index in [2.05, 4.69) is 26.7 Å². The molecule has 0 aliphatic carbocycles. The minimum Gasteiger partial charge on any atom is -0.466 e. The number of aromatic nitrogens is 2. The fraction of sp³-hybridized carbons (Fsp3) is 0.727. The molecule has 1 aromatic rings. The summed E-state index contributed by atoms with van der Waals surface area (Å²) < 4.78 is 5.09. The molecule has 0 aromatic carbocycles. The number of anilines is 1. The fourth-order valence-electron chi connectivity index (χ4n) is 4.62. The highest BCUT2D eigenvalue weighted by Gasteiger charge is 2.33. The second-order valence-corrected chi connectivity index (χ2v) is 8.11. The lowest BCUT2D eigenvalue weighted by molar-refractivity contribution is -0.144. The maximum atomic E-state index is 13.5. The summed E-state index contributed by atoms with van der Waals surface area (Å²) in [6.45, 7) is 9.08. The van der Waals surface area contributed by atoms with Gasteiger partial charge >= 0.3 is 5.97 Å². The normalized spacial score (nSPS) is 22.1. The van der Waals surface area contributed by atoms with Crippen molar-refractivity contribution < 1.29 is 14.3 Å². The zero-order valence-electron chi connectivity index (χ0n) is 18.3. The molecule has 166 valence electrons. The van der Waals surface area contributed by atoms with Crippen LogP contribution in [0.5, 0.6) is 0 Å². The van der Waals surface area contributed by atoms with Gasteiger partial charge in [0.1, 0.15) is 5.82 Å². The summed E-state index contributed by atoms with van der Waals surface area (Å²) in [5, 5.41) is 0. The molecule has 0 saturated carbocycles. The molecule has 2 atom stereocenters. The van der Waals surface area contributed by atoms with Crippen LogP contribution in [0.1, 0.15) is 46.0 Å². The van der Waals surface area contributed by atoms with E-state index >= 15 is 0 Å². The summed E-state index contributed by atoms with van der Waals surface area (Å²) in [4.78, 5) is 40.5. The molecule has 0 radical (unpaired) electrons. The molecule has 2 fully saturated rings. The molecule has 0 bridgehead atoms. The summed E-state index contributed by atoms with van der Waals surface area (Å²) in [5.41, 5.74) is 0. The van der Waals surface area contributed by atoms with Crippen molar-refractivity contribution in [2.45, 2.75) is 52.0 Å². The number of likely N-dealkylation sites (tertiary alicyclic amines) is 1. The van der Waals surface area contributed by atoms with E-state index in [9.17, 15) is 9.59 Å². The van der Waals surface area contributed by atoms with Gasteiger partial charge in [-0.15, -0.1) is 0 Å². The van der Waals surface area contributed by atoms with Crippen LogP contribution in [0.15, 0.2) is 18.6 Å². The molecule has 8 heteroatoms. The van der Waals surface area contributed by atoms with Gasteiger partial charge in [0.15, 0.2) is 0 Å². The largest absolute Gasteiger partial charge is 0.466 e. The monoisotopic (exact) mass is 417 g/mol. The molecule has 2 aliphatic rings. The number of hydrogen-bond donors (Lipinski definition) is 0. The van der Waals surface area contributed by atoms with E-state index in [0.29, 0.717) is 32.3 Å². The van der Waals surface area contributed by atoms with E-state index in [-0.39, 0.29) is 24.2 Å². The lowest BCUT2D eigenvalue weighted by atomic mass is 9.96. The molecule has 8 nitrogen and oxygen atoms in total. The third-order valence-electron chi connectivity index (χ3n) is 6.18. The van der Waals surface area contributed by atoms with E-state index in [1.54, 1.807) is 18.6 Å². The number of rotatable bonds is 9. The number of carbonyl (C=O) groups is 2. The topological polar surface area (TPSA) is 78.9 Å². The van der Waals surface area contributed by atoms with Gasteiger partial charge in [-0.2, -0.15) is 0 Å². The number of esters is 1. The van der Waals surface area contributed by atoms with Crippen molar-refractivity contribution >= 4 is 17.7 Å². The second kappa shape index (κ2) is 11.2. The molecule has 2 aliphatic heterocycles. The van der Waals surface area contributed by atoms with Crippen LogP contribution in [-0.2, 0) is 14.3 Å². The molecular formula is C22H35N5O3. The van der Waals surface area contributed by atoms with E-state index < -0.39 is 0 Å². The average molecular weight is 418 g/mol. The van der Waals surface area contributed by atoms with E-state index in [1.807, 2.05) is 11.8 Å². The summed E-state index contributed by atoms with van der Waals surface area (Å²) in [6, 6.07) is 0.376. The van der Waals surface area contributed by atoms with Gasteiger partial charge in [-0.3, -0.25) is 19.5 Å². The van der Waals surface area contributed by atoms with E-state index in [1.165, 1.54) is 6.42 Å². The minimum atomic E-state index is -0.237. The lowest BCUT2D eigenvalue weighted by Gasteiger charge is -2.37. The number of amides is 1. The van der Waals surface area contributed by atoms with Gasteiger partial charge < -0.3 is 14.5 Å². The minimum absolute atomic E-state index is 0.0839. The Bertz CT molecular complexity index is 687. The van der Waals surface area contributed by atoms with Crippen LogP contribution in [-0.4, -0.2) is 83.6 Å². The first-order valence-electron chi connectivity index (χ1n) is 11.3. The Labute approximate surface area is 179 Å². The quantitative estimate of drug-likeness (QED) is 0.568. The highest BCUT2D eigenvalue weighted by molar-refractivity contribution is 5.80. The third-order valence-corrected chi connectivity index (χ3v) is 6.18. The maximum absolute atomic E-state index is 13.5.